The fourth-order valence-electron chi connectivity index (χ4n) is 3.43. The Kier molecular flexibility index (Phi) is 6.07. The van der Waals surface area contributed by atoms with Crippen molar-refractivity contribution in [2.75, 3.05) is 38.2 Å². The van der Waals surface area contributed by atoms with E-state index in [0.29, 0.717) is 13.1 Å². The van der Waals surface area contributed by atoms with Crippen LogP contribution in [0.4, 0.5) is 5.69 Å². The highest BCUT2D eigenvalue weighted by Gasteiger charge is 2.20. The monoisotopic (exact) mass is 384 g/mol. The Morgan fingerprint density at radius 1 is 1.07 bits per heavy atom. The van der Waals surface area contributed by atoms with Gasteiger partial charge in [0.25, 0.3) is 0 Å². The number of ether oxygens (including phenoxy) is 1. The predicted octanol–water partition coefficient (Wildman–Crippen LogP) is 4.33. The number of hydrogen-bond donors (Lipinski definition) is 0. The Morgan fingerprint density at radius 3 is 2.33 bits per heavy atom. The molecule has 0 saturated carbocycles. The van der Waals surface area contributed by atoms with Crippen LogP contribution >= 0.6 is 11.6 Å². The van der Waals surface area contributed by atoms with Gasteiger partial charge in [0.1, 0.15) is 5.75 Å². The molecule has 0 bridgehead atoms. The number of amides is 1. The minimum Gasteiger partial charge on any atom is -0.497 e. The lowest BCUT2D eigenvalue weighted by atomic mass is 10.0. The highest BCUT2D eigenvalue weighted by molar-refractivity contribution is 6.30. The van der Waals surface area contributed by atoms with Crippen molar-refractivity contribution in [3.63, 3.8) is 0 Å². The number of methoxy groups -OCH3 is 1. The third-order valence-corrected chi connectivity index (χ3v) is 5.20. The summed E-state index contributed by atoms with van der Waals surface area (Å²) in [6, 6.07) is 11.8. The van der Waals surface area contributed by atoms with E-state index in [-0.39, 0.29) is 5.91 Å². The van der Waals surface area contributed by atoms with Gasteiger partial charge in [0.15, 0.2) is 0 Å². The standard InChI is InChI=1S/C22H25ClN2O2/c1-16-13-20(27-3)14-17(2)21(16)7-8-22(26)25-11-9-24(10-12-25)19-6-4-5-18(23)15-19/h4-8,13-15H,9-12H2,1-3H3/b8-7+. The largest absolute Gasteiger partial charge is 0.497 e. The molecule has 3 rings (SSSR count). The molecule has 1 saturated heterocycles. The summed E-state index contributed by atoms with van der Waals surface area (Å²) in [5.74, 6) is 0.890. The van der Waals surface area contributed by atoms with Crippen molar-refractivity contribution in [1.29, 1.82) is 0 Å². The molecule has 5 heteroatoms. The number of rotatable bonds is 4. The van der Waals surface area contributed by atoms with Gasteiger partial charge < -0.3 is 14.5 Å². The summed E-state index contributed by atoms with van der Waals surface area (Å²) < 4.78 is 5.29. The zero-order valence-electron chi connectivity index (χ0n) is 16.0. The molecule has 1 aliphatic rings. The number of carbonyl (C=O) groups excluding carboxylic acids is 1. The maximum Gasteiger partial charge on any atom is 0.246 e. The highest BCUT2D eigenvalue weighted by atomic mass is 35.5. The summed E-state index contributed by atoms with van der Waals surface area (Å²) in [6.07, 6.45) is 3.59. The summed E-state index contributed by atoms with van der Waals surface area (Å²) in [6.45, 7) is 7.08. The lowest BCUT2D eigenvalue weighted by molar-refractivity contribution is -0.126. The second-order valence-corrected chi connectivity index (χ2v) is 7.24. The van der Waals surface area contributed by atoms with Crippen molar-refractivity contribution in [2.45, 2.75) is 13.8 Å². The predicted molar refractivity (Wildman–Crippen MR) is 112 cm³/mol. The van der Waals surface area contributed by atoms with Gasteiger partial charge in [-0.25, -0.2) is 0 Å². The van der Waals surface area contributed by atoms with Crippen LogP contribution in [0.3, 0.4) is 0 Å². The Hall–Kier alpha value is -2.46. The molecular weight excluding hydrogens is 360 g/mol. The van der Waals surface area contributed by atoms with Crippen LogP contribution in [0.2, 0.25) is 5.02 Å². The first kappa shape index (κ1) is 19.3. The summed E-state index contributed by atoms with van der Waals surface area (Å²) in [5.41, 5.74) is 4.37. The number of nitrogens with zero attached hydrogens (tertiary/aromatic N) is 2. The molecular formula is C22H25ClN2O2. The molecule has 1 fully saturated rings. The molecule has 0 radical (unpaired) electrons. The highest BCUT2D eigenvalue weighted by Crippen LogP contribution is 2.23. The lowest BCUT2D eigenvalue weighted by Crippen LogP contribution is -2.48. The topological polar surface area (TPSA) is 32.8 Å². The first-order chi connectivity index (χ1) is 13.0. The van der Waals surface area contributed by atoms with Gasteiger partial charge in [0, 0.05) is 43.0 Å². The number of piperazine rings is 1. The fourth-order valence-corrected chi connectivity index (χ4v) is 3.62. The lowest BCUT2D eigenvalue weighted by Gasteiger charge is -2.35. The summed E-state index contributed by atoms with van der Waals surface area (Å²) in [5, 5.41) is 0.735. The smallest absolute Gasteiger partial charge is 0.246 e. The molecule has 1 aliphatic heterocycles. The van der Waals surface area contributed by atoms with Crippen molar-refractivity contribution >= 4 is 29.3 Å². The third kappa shape index (κ3) is 4.64. The van der Waals surface area contributed by atoms with E-state index in [0.717, 1.165) is 46.2 Å². The van der Waals surface area contributed by atoms with E-state index in [1.807, 2.05) is 55.2 Å². The van der Waals surface area contributed by atoms with Crippen LogP contribution in [0.15, 0.2) is 42.5 Å². The SMILES string of the molecule is COc1cc(C)c(/C=C/C(=O)N2CCN(c3cccc(Cl)c3)CC2)c(C)c1. The third-order valence-electron chi connectivity index (χ3n) is 4.96. The molecule has 0 aliphatic carbocycles. The Bertz CT molecular complexity index is 832. The van der Waals surface area contributed by atoms with E-state index in [9.17, 15) is 4.79 Å². The number of aryl methyl sites for hydroxylation is 2. The number of carbonyl (C=O) groups is 1. The molecule has 1 amide bonds. The second-order valence-electron chi connectivity index (χ2n) is 6.80. The Labute approximate surface area is 166 Å². The zero-order valence-corrected chi connectivity index (χ0v) is 16.8. The van der Waals surface area contributed by atoms with Gasteiger partial charge in [-0.15, -0.1) is 0 Å². The minimum atomic E-state index is 0.0513. The first-order valence-electron chi connectivity index (χ1n) is 9.10. The maximum absolute atomic E-state index is 12.6. The molecule has 0 unspecified atom stereocenters. The van der Waals surface area contributed by atoms with E-state index in [4.69, 9.17) is 16.3 Å². The molecule has 0 aromatic heterocycles. The van der Waals surface area contributed by atoms with Crippen molar-refractivity contribution in [3.05, 3.63) is 64.2 Å². The van der Waals surface area contributed by atoms with Crippen LogP contribution in [0.25, 0.3) is 6.08 Å². The number of anilines is 1. The molecule has 0 spiro atoms. The molecule has 142 valence electrons. The van der Waals surface area contributed by atoms with Gasteiger partial charge in [-0.3, -0.25) is 4.79 Å². The van der Waals surface area contributed by atoms with Crippen LogP contribution < -0.4 is 9.64 Å². The van der Waals surface area contributed by atoms with Gasteiger partial charge >= 0.3 is 0 Å². The number of benzene rings is 2. The van der Waals surface area contributed by atoms with Crippen molar-refractivity contribution in [2.24, 2.45) is 0 Å². The molecule has 27 heavy (non-hydrogen) atoms. The average molecular weight is 385 g/mol. The molecule has 1 heterocycles. The summed E-state index contributed by atoms with van der Waals surface area (Å²) in [7, 11) is 1.66. The molecule has 0 N–H and O–H groups in total. The van der Waals surface area contributed by atoms with Gasteiger partial charge in [-0.2, -0.15) is 0 Å². The summed E-state index contributed by atoms with van der Waals surface area (Å²) in [4.78, 5) is 16.7. The average Bonchev–Trinajstić information content (AvgIpc) is 2.67. The maximum atomic E-state index is 12.6. The van der Waals surface area contributed by atoms with Crippen LogP contribution in [0.1, 0.15) is 16.7 Å². The van der Waals surface area contributed by atoms with Gasteiger partial charge in [-0.1, -0.05) is 17.7 Å². The van der Waals surface area contributed by atoms with Crippen LogP contribution in [0, 0.1) is 13.8 Å². The van der Waals surface area contributed by atoms with E-state index >= 15 is 0 Å². The number of hydrogen-bond acceptors (Lipinski definition) is 3. The van der Waals surface area contributed by atoms with E-state index < -0.39 is 0 Å². The van der Waals surface area contributed by atoms with Crippen molar-refractivity contribution < 1.29 is 9.53 Å². The van der Waals surface area contributed by atoms with E-state index in [1.54, 1.807) is 13.2 Å². The fraction of sp³-hybridized carbons (Fsp3) is 0.318. The van der Waals surface area contributed by atoms with Gasteiger partial charge in [-0.05, 0) is 66.9 Å². The van der Waals surface area contributed by atoms with Crippen LogP contribution in [0.5, 0.6) is 5.75 Å². The van der Waals surface area contributed by atoms with E-state index in [1.165, 1.54) is 0 Å². The van der Waals surface area contributed by atoms with Crippen LogP contribution in [-0.4, -0.2) is 44.1 Å². The molecule has 0 atom stereocenters. The van der Waals surface area contributed by atoms with Gasteiger partial charge in [0.2, 0.25) is 5.91 Å². The Balaban J connectivity index is 1.62. The molecule has 4 nitrogen and oxygen atoms in total. The van der Waals surface area contributed by atoms with Crippen molar-refractivity contribution in [3.8, 4) is 5.75 Å². The molecule has 2 aromatic rings. The minimum absolute atomic E-state index is 0.0513. The Morgan fingerprint density at radius 2 is 1.74 bits per heavy atom. The number of halogens is 1. The van der Waals surface area contributed by atoms with Gasteiger partial charge in [0.05, 0.1) is 7.11 Å². The first-order valence-corrected chi connectivity index (χ1v) is 9.48. The van der Waals surface area contributed by atoms with Crippen LogP contribution in [-0.2, 0) is 4.79 Å². The molecule has 2 aromatic carbocycles. The normalized spacial score (nSPS) is 14.7. The summed E-state index contributed by atoms with van der Waals surface area (Å²) >= 11 is 6.08. The van der Waals surface area contributed by atoms with E-state index in [2.05, 4.69) is 11.0 Å². The second kappa shape index (κ2) is 8.49. The zero-order chi connectivity index (χ0) is 19.4. The quantitative estimate of drug-likeness (QED) is 0.735. The van der Waals surface area contributed by atoms with Crippen molar-refractivity contribution in [1.82, 2.24) is 4.90 Å².